The number of anilines is 1. The van der Waals surface area contributed by atoms with Crippen molar-refractivity contribution < 1.29 is 14.7 Å². The van der Waals surface area contributed by atoms with Crippen molar-refractivity contribution in [2.75, 3.05) is 5.32 Å². The van der Waals surface area contributed by atoms with Crippen molar-refractivity contribution in [2.45, 2.75) is 6.42 Å². The zero-order chi connectivity index (χ0) is 14.2. The van der Waals surface area contributed by atoms with E-state index in [1.807, 2.05) is 30.3 Å². The molecule has 0 aliphatic carbocycles. The Morgan fingerprint density at radius 1 is 1.10 bits per heavy atom. The minimum absolute atomic E-state index is 0.0266. The highest BCUT2D eigenvalue weighted by atomic mass is 16.5. The average Bonchev–Trinajstić information content (AvgIpc) is 2.48. The maximum atomic E-state index is 11.4. The molecular formula is C15H14N2O3. The first kappa shape index (κ1) is 13.6. The number of para-hydroxylation sites is 1. The van der Waals surface area contributed by atoms with Gasteiger partial charge in [-0.05, 0) is 36.4 Å². The van der Waals surface area contributed by atoms with Crippen molar-refractivity contribution in [3.63, 3.8) is 0 Å². The van der Waals surface area contributed by atoms with Gasteiger partial charge < -0.3 is 15.3 Å². The molecule has 2 aromatic rings. The third-order valence-electron chi connectivity index (χ3n) is 2.48. The molecule has 0 aliphatic rings. The van der Waals surface area contributed by atoms with Gasteiger partial charge in [-0.25, -0.2) is 0 Å². The van der Waals surface area contributed by atoms with Gasteiger partial charge in [0.15, 0.2) is 0 Å². The van der Waals surface area contributed by atoms with Crippen molar-refractivity contribution in [2.24, 2.45) is 5.16 Å². The predicted molar refractivity (Wildman–Crippen MR) is 76.5 cm³/mol. The van der Waals surface area contributed by atoms with Crippen LogP contribution in [-0.4, -0.2) is 17.3 Å². The van der Waals surface area contributed by atoms with Crippen LogP contribution in [0.15, 0.2) is 59.8 Å². The van der Waals surface area contributed by atoms with Gasteiger partial charge in [-0.1, -0.05) is 18.2 Å². The summed E-state index contributed by atoms with van der Waals surface area (Å²) in [6.45, 7) is 0. The van der Waals surface area contributed by atoms with E-state index in [4.69, 9.17) is 9.94 Å². The number of hydrogen-bond acceptors (Lipinski definition) is 4. The van der Waals surface area contributed by atoms with Crippen molar-refractivity contribution in [3.05, 3.63) is 54.6 Å². The molecule has 1 amide bonds. The van der Waals surface area contributed by atoms with Crippen molar-refractivity contribution >= 4 is 17.8 Å². The summed E-state index contributed by atoms with van der Waals surface area (Å²) in [6, 6.07) is 16.5. The highest BCUT2D eigenvalue weighted by Crippen LogP contribution is 2.22. The molecule has 0 aliphatic heterocycles. The van der Waals surface area contributed by atoms with Crippen LogP contribution in [0, 0.1) is 0 Å². The molecule has 2 aromatic carbocycles. The van der Waals surface area contributed by atoms with Gasteiger partial charge in [0.25, 0.3) is 0 Å². The molecule has 0 heterocycles. The Labute approximate surface area is 116 Å². The summed E-state index contributed by atoms with van der Waals surface area (Å²) in [5, 5.41) is 13.7. The predicted octanol–water partition coefficient (Wildman–Crippen LogP) is 3.27. The van der Waals surface area contributed by atoms with Crippen LogP contribution in [0.1, 0.15) is 6.42 Å². The Bertz CT molecular complexity index is 580. The molecule has 0 saturated heterocycles. The fourth-order valence-corrected chi connectivity index (χ4v) is 1.57. The molecule has 2 N–H and O–H groups in total. The second kappa shape index (κ2) is 6.94. The summed E-state index contributed by atoms with van der Waals surface area (Å²) < 4.78 is 5.64. The summed E-state index contributed by atoms with van der Waals surface area (Å²) in [4.78, 5) is 11.4. The molecular weight excluding hydrogens is 256 g/mol. The van der Waals surface area contributed by atoms with Gasteiger partial charge in [0.05, 0.1) is 12.6 Å². The maximum absolute atomic E-state index is 11.4. The molecule has 0 unspecified atom stereocenters. The number of benzene rings is 2. The molecule has 0 aromatic heterocycles. The highest BCUT2D eigenvalue weighted by molar-refractivity contribution is 5.98. The number of ether oxygens (including phenoxy) is 1. The standard InChI is InChI=1S/C15H14N2O3/c18-15(10-11-16-19)17-12-6-8-14(9-7-12)20-13-4-2-1-3-5-13/h1-9,11,19H,10H2,(H,17,18). The molecule has 0 fully saturated rings. The Morgan fingerprint density at radius 2 is 1.75 bits per heavy atom. The summed E-state index contributed by atoms with van der Waals surface area (Å²) in [5.41, 5.74) is 0.654. The highest BCUT2D eigenvalue weighted by Gasteiger charge is 2.01. The monoisotopic (exact) mass is 270 g/mol. The lowest BCUT2D eigenvalue weighted by Crippen LogP contribution is -2.11. The Morgan fingerprint density at radius 3 is 2.40 bits per heavy atom. The minimum Gasteiger partial charge on any atom is -0.457 e. The van der Waals surface area contributed by atoms with E-state index in [1.54, 1.807) is 24.3 Å². The zero-order valence-corrected chi connectivity index (χ0v) is 10.7. The van der Waals surface area contributed by atoms with Crippen LogP contribution in [0.2, 0.25) is 0 Å². The number of carbonyl (C=O) groups excluding carboxylic acids is 1. The van der Waals surface area contributed by atoms with Crippen LogP contribution in [0.5, 0.6) is 11.5 Å². The number of oxime groups is 1. The molecule has 0 saturated carbocycles. The third kappa shape index (κ3) is 4.13. The van der Waals surface area contributed by atoms with Crippen molar-refractivity contribution in [3.8, 4) is 11.5 Å². The van der Waals surface area contributed by atoms with Crippen LogP contribution in [0.3, 0.4) is 0 Å². The van der Waals surface area contributed by atoms with Crippen LogP contribution in [0.25, 0.3) is 0 Å². The molecule has 2 rings (SSSR count). The minimum atomic E-state index is -0.250. The van der Waals surface area contributed by atoms with E-state index in [9.17, 15) is 4.79 Å². The fourth-order valence-electron chi connectivity index (χ4n) is 1.57. The smallest absolute Gasteiger partial charge is 0.229 e. The summed E-state index contributed by atoms with van der Waals surface area (Å²) in [7, 11) is 0. The normalized spacial score (nSPS) is 10.4. The summed E-state index contributed by atoms with van der Waals surface area (Å²) >= 11 is 0. The van der Waals surface area contributed by atoms with E-state index in [0.29, 0.717) is 11.4 Å². The largest absolute Gasteiger partial charge is 0.457 e. The van der Waals surface area contributed by atoms with E-state index in [2.05, 4.69) is 10.5 Å². The first-order valence-corrected chi connectivity index (χ1v) is 6.06. The summed E-state index contributed by atoms with van der Waals surface area (Å²) in [5.74, 6) is 1.19. The molecule has 20 heavy (non-hydrogen) atoms. The maximum Gasteiger partial charge on any atom is 0.229 e. The number of nitrogens with one attached hydrogen (secondary N) is 1. The number of amides is 1. The molecule has 102 valence electrons. The van der Waals surface area contributed by atoms with Crippen LogP contribution in [-0.2, 0) is 4.79 Å². The first-order chi connectivity index (χ1) is 9.78. The lowest BCUT2D eigenvalue weighted by atomic mass is 10.3. The van der Waals surface area contributed by atoms with Crippen LogP contribution >= 0.6 is 0 Å². The van der Waals surface area contributed by atoms with E-state index in [-0.39, 0.29) is 12.3 Å². The van der Waals surface area contributed by atoms with E-state index >= 15 is 0 Å². The van der Waals surface area contributed by atoms with Gasteiger partial charge in [-0.3, -0.25) is 4.79 Å². The van der Waals surface area contributed by atoms with Crippen molar-refractivity contribution in [1.29, 1.82) is 0 Å². The number of rotatable bonds is 5. The van der Waals surface area contributed by atoms with Crippen molar-refractivity contribution in [1.82, 2.24) is 0 Å². The second-order valence-electron chi connectivity index (χ2n) is 3.99. The number of carbonyl (C=O) groups is 1. The Kier molecular flexibility index (Phi) is 4.72. The van der Waals surface area contributed by atoms with Gasteiger partial charge in [0.2, 0.25) is 5.91 Å². The molecule has 0 spiro atoms. The quantitative estimate of drug-likeness (QED) is 0.497. The molecule has 5 nitrogen and oxygen atoms in total. The molecule has 5 heteroatoms. The lowest BCUT2D eigenvalue weighted by Gasteiger charge is -2.07. The van der Waals surface area contributed by atoms with Crippen LogP contribution in [0.4, 0.5) is 5.69 Å². The van der Waals surface area contributed by atoms with Gasteiger partial charge in [-0.2, -0.15) is 0 Å². The number of hydrogen-bond donors (Lipinski definition) is 2. The first-order valence-electron chi connectivity index (χ1n) is 6.06. The zero-order valence-electron chi connectivity index (χ0n) is 10.7. The van der Waals surface area contributed by atoms with Gasteiger partial charge in [0.1, 0.15) is 11.5 Å². The van der Waals surface area contributed by atoms with E-state index < -0.39 is 0 Å². The summed E-state index contributed by atoms with van der Waals surface area (Å²) in [6.07, 6.45) is 1.15. The topological polar surface area (TPSA) is 70.9 Å². The van der Waals surface area contributed by atoms with Gasteiger partial charge >= 0.3 is 0 Å². The van der Waals surface area contributed by atoms with Crippen LogP contribution < -0.4 is 10.1 Å². The second-order valence-corrected chi connectivity index (χ2v) is 3.99. The van der Waals surface area contributed by atoms with E-state index in [1.165, 1.54) is 0 Å². The van der Waals surface area contributed by atoms with Gasteiger partial charge in [-0.15, -0.1) is 5.16 Å². The molecule has 0 radical (unpaired) electrons. The number of nitrogens with zero attached hydrogens (tertiary/aromatic N) is 1. The van der Waals surface area contributed by atoms with Gasteiger partial charge in [0, 0.05) is 5.69 Å². The Balaban J connectivity index is 1.94. The Hall–Kier alpha value is -2.82. The van der Waals surface area contributed by atoms with E-state index in [0.717, 1.165) is 12.0 Å². The molecule has 0 atom stereocenters. The lowest BCUT2D eigenvalue weighted by molar-refractivity contribution is -0.115. The third-order valence-corrected chi connectivity index (χ3v) is 2.48. The fraction of sp³-hybridized carbons (Fsp3) is 0.0667. The SMILES string of the molecule is O=C(CC=NO)Nc1ccc(Oc2ccccc2)cc1. The average molecular weight is 270 g/mol. The molecule has 0 bridgehead atoms.